The molecule has 0 saturated carbocycles. The molecule has 3 heterocycles. The molecule has 0 unspecified atom stereocenters. The molecule has 15 nitrogen and oxygen atoms in total. The molecule has 0 bridgehead atoms. The Hall–Kier alpha value is -4.34. The van der Waals surface area contributed by atoms with E-state index in [9.17, 15) is 34.4 Å². The molecular weight excluding hydrogens is 550 g/mol. The highest BCUT2D eigenvalue weighted by molar-refractivity contribution is 8.02. The van der Waals surface area contributed by atoms with E-state index in [1.807, 2.05) is 0 Å². The van der Waals surface area contributed by atoms with Gasteiger partial charge in [0.05, 0.1) is 4.75 Å². The number of nitrogens with zero attached hydrogens (tertiary/aromatic N) is 4. The standard InChI is InChI=1S/C24H27N5O10S/c1-14-25-12-17(29(35)36)27(14)10-11-37-21(34)38-13-23-18(39-16-8-6-5-7-9-16)19(31)28(23)24(20(32)33,26-15(2)30)22(3,4)40-23/h5-9,12,18H,10-11,13H2,1-4H3,(H,26,30)(H,32,33)/t18-,23-,24+/m1/s1. The molecule has 40 heavy (non-hydrogen) atoms. The first kappa shape index (κ1) is 28.7. The van der Waals surface area contributed by atoms with Crippen molar-refractivity contribution in [3.63, 3.8) is 0 Å². The first-order chi connectivity index (χ1) is 18.8. The summed E-state index contributed by atoms with van der Waals surface area (Å²) >= 11 is 1.01. The van der Waals surface area contributed by atoms with Gasteiger partial charge >= 0.3 is 17.9 Å². The Morgan fingerprint density at radius 2 is 1.90 bits per heavy atom. The predicted molar refractivity (Wildman–Crippen MR) is 137 cm³/mol. The zero-order chi connectivity index (χ0) is 29.5. The van der Waals surface area contributed by atoms with Gasteiger partial charge < -0.3 is 34.7 Å². The van der Waals surface area contributed by atoms with Crippen LogP contribution in [0, 0.1) is 17.0 Å². The smallest absolute Gasteiger partial charge is 0.478 e. The van der Waals surface area contributed by atoms with Gasteiger partial charge in [0.15, 0.2) is 10.7 Å². The normalized spacial score (nSPS) is 24.4. The van der Waals surface area contributed by atoms with Crippen molar-refractivity contribution >= 4 is 41.5 Å². The van der Waals surface area contributed by atoms with E-state index in [0.29, 0.717) is 11.6 Å². The van der Waals surface area contributed by atoms with Gasteiger partial charge in [-0.15, -0.1) is 11.8 Å². The fraction of sp³-hybridized carbons (Fsp3) is 0.458. The Labute approximate surface area is 231 Å². The quantitative estimate of drug-likeness (QED) is 0.180. The van der Waals surface area contributed by atoms with Crippen LogP contribution in [0.15, 0.2) is 36.5 Å². The number of aliphatic carboxylic acids is 1. The second-order valence-electron chi connectivity index (χ2n) is 9.60. The number of thioether (sulfide) groups is 1. The monoisotopic (exact) mass is 577 g/mol. The number of hydrogen-bond acceptors (Lipinski definition) is 11. The van der Waals surface area contributed by atoms with Gasteiger partial charge in [0.25, 0.3) is 5.91 Å². The minimum absolute atomic E-state index is 0.0703. The molecule has 2 saturated heterocycles. The lowest BCUT2D eigenvalue weighted by molar-refractivity contribution is -0.392. The molecule has 2 aliphatic heterocycles. The number of nitrogens with one attached hydrogen (secondary N) is 1. The molecule has 0 aliphatic carbocycles. The fourth-order valence-electron chi connectivity index (χ4n) is 5.00. The van der Waals surface area contributed by atoms with E-state index in [4.69, 9.17) is 14.2 Å². The van der Waals surface area contributed by atoms with Crippen LogP contribution in [0.3, 0.4) is 0 Å². The number of hydrogen-bond donors (Lipinski definition) is 2. The number of nitro groups is 1. The molecule has 2 aliphatic rings. The molecule has 4 rings (SSSR count). The number of carboxylic acids is 1. The largest absolute Gasteiger partial charge is 0.508 e. The molecule has 1 aromatic heterocycles. The maximum Gasteiger partial charge on any atom is 0.508 e. The minimum Gasteiger partial charge on any atom is -0.478 e. The number of para-hydroxylation sites is 1. The Morgan fingerprint density at radius 1 is 1.23 bits per heavy atom. The lowest BCUT2D eigenvalue weighted by Crippen LogP contribution is -2.84. The maximum atomic E-state index is 13.4. The van der Waals surface area contributed by atoms with Gasteiger partial charge in [-0.3, -0.25) is 14.5 Å². The third-order valence-electron chi connectivity index (χ3n) is 6.69. The average molecular weight is 578 g/mol. The van der Waals surface area contributed by atoms with Crippen molar-refractivity contribution in [2.75, 3.05) is 13.2 Å². The maximum absolute atomic E-state index is 13.4. The van der Waals surface area contributed by atoms with E-state index in [0.717, 1.165) is 29.8 Å². The van der Waals surface area contributed by atoms with Crippen molar-refractivity contribution in [1.82, 2.24) is 19.8 Å². The summed E-state index contributed by atoms with van der Waals surface area (Å²) < 4.78 is 16.3. The molecule has 2 N–H and O–H groups in total. The summed E-state index contributed by atoms with van der Waals surface area (Å²) in [5.74, 6) is -2.49. The lowest BCUT2D eigenvalue weighted by atomic mass is 9.85. The number of ether oxygens (including phenoxy) is 3. The van der Waals surface area contributed by atoms with E-state index < -0.39 is 56.9 Å². The van der Waals surface area contributed by atoms with Crippen LogP contribution in [-0.4, -0.2) is 83.0 Å². The van der Waals surface area contributed by atoms with E-state index in [-0.39, 0.29) is 19.0 Å². The summed E-state index contributed by atoms with van der Waals surface area (Å²) in [6, 6.07) is 8.34. The van der Waals surface area contributed by atoms with Crippen LogP contribution in [0.25, 0.3) is 0 Å². The topological polar surface area (TPSA) is 192 Å². The van der Waals surface area contributed by atoms with Crippen LogP contribution < -0.4 is 10.1 Å². The summed E-state index contributed by atoms with van der Waals surface area (Å²) in [7, 11) is 0. The third-order valence-corrected chi connectivity index (χ3v) is 8.36. The lowest BCUT2D eigenvalue weighted by Gasteiger charge is -2.55. The SMILES string of the molecule is CC(=O)N[C@@]1(C(=O)O)N2C(=O)[C@@H](Oc3ccccc3)[C@@]2(COC(=O)OCCn2c([N+](=O)[O-])cnc2C)SC1(C)C. The first-order valence-corrected chi connectivity index (χ1v) is 12.8. The van der Waals surface area contributed by atoms with Gasteiger partial charge in [-0.2, -0.15) is 0 Å². The highest BCUT2D eigenvalue weighted by Crippen LogP contribution is 2.63. The van der Waals surface area contributed by atoms with Gasteiger partial charge in [-0.1, -0.05) is 18.2 Å². The Bertz CT molecular complexity index is 1370. The van der Waals surface area contributed by atoms with Crippen molar-refractivity contribution in [2.45, 2.75) is 55.6 Å². The van der Waals surface area contributed by atoms with Crippen LogP contribution in [-0.2, 0) is 30.4 Å². The van der Waals surface area contributed by atoms with Crippen LogP contribution in [0.5, 0.6) is 5.75 Å². The molecule has 1 aromatic carbocycles. The molecule has 16 heteroatoms. The third kappa shape index (κ3) is 4.57. The molecule has 214 valence electrons. The number of carboxylic acid groups (broad SMARTS) is 1. The van der Waals surface area contributed by atoms with Crippen LogP contribution in [0.4, 0.5) is 10.6 Å². The van der Waals surface area contributed by atoms with Crippen molar-refractivity contribution < 1.29 is 43.4 Å². The second-order valence-corrected chi connectivity index (χ2v) is 11.5. The van der Waals surface area contributed by atoms with E-state index >= 15 is 0 Å². The number of amides is 2. The van der Waals surface area contributed by atoms with Gasteiger partial charge in [0, 0.05) is 13.8 Å². The Kier molecular flexibility index (Phi) is 7.40. The molecule has 2 amide bonds. The summed E-state index contributed by atoms with van der Waals surface area (Å²) in [5.41, 5.74) is -2.18. The molecule has 0 spiro atoms. The number of aryl methyl sites for hydroxylation is 1. The minimum atomic E-state index is -2.18. The number of rotatable bonds is 10. The molecular formula is C24H27N5O10S. The molecule has 3 atom stereocenters. The Morgan fingerprint density at radius 3 is 2.50 bits per heavy atom. The number of imidazole rings is 1. The second kappa shape index (κ2) is 10.3. The summed E-state index contributed by atoms with van der Waals surface area (Å²) in [4.78, 5) is 64.6. The van der Waals surface area contributed by atoms with Crippen LogP contribution in [0.2, 0.25) is 0 Å². The zero-order valence-corrected chi connectivity index (χ0v) is 22.8. The van der Waals surface area contributed by atoms with E-state index in [2.05, 4.69) is 10.3 Å². The van der Waals surface area contributed by atoms with Gasteiger partial charge in [-0.25, -0.2) is 19.1 Å². The highest BCUT2D eigenvalue weighted by atomic mass is 32.2. The number of fused-ring (bicyclic) bond motifs is 1. The van der Waals surface area contributed by atoms with Crippen molar-refractivity contribution in [3.05, 3.63) is 52.5 Å². The molecule has 2 fully saturated rings. The number of carbonyl (C=O) groups is 4. The predicted octanol–water partition coefficient (Wildman–Crippen LogP) is 1.68. The van der Waals surface area contributed by atoms with Crippen molar-refractivity contribution in [2.24, 2.45) is 0 Å². The number of aromatic nitrogens is 2. The van der Waals surface area contributed by atoms with Crippen molar-refractivity contribution in [1.29, 1.82) is 0 Å². The average Bonchev–Trinajstić information content (AvgIpc) is 3.33. The fourth-order valence-corrected chi connectivity index (χ4v) is 6.95. The van der Waals surface area contributed by atoms with Gasteiger partial charge in [-0.05, 0) is 30.9 Å². The van der Waals surface area contributed by atoms with Crippen LogP contribution >= 0.6 is 11.8 Å². The summed E-state index contributed by atoms with van der Waals surface area (Å²) in [6.07, 6.45) is -1.33. The highest BCUT2D eigenvalue weighted by Gasteiger charge is 2.82. The van der Waals surface area contributed by atoms with Gasteiger partial charge in [0.1, 0.15) is 31.7 Å². The number of carbonyl (C=O) groups excluding carboxylic acids is 3. The summed E-state index contributed by atoms with van der Waals surface area (Å²) in [6.45, 7) is 4.89. The number of benzene rings is 1. The Balaban J connectivity index is 1.56. The summed E-state index contributed by atoms with van der Waals surface area (Å²) in [5, 5.41) is 23.9. The van der Waals surface area contributed by atoms with Crippen LogP contribution in [0.1, 0.15) is 26.6 Å². The van der Waals surface area contributed by atoms with E-state index in [1.165, 1.54) is 4.57 Å². The zero-order valence-electron chi connectivity index (χ0n) is 22.0. The molecule has 2 aromatic rings. The first-order valence-electron chi connectivity index (χ1n) is 12.0. The number of β-lactam (4-membered cyclic amide) rings is 1. The van der Waals surface area contributed by atoms with Gasteiger partial charge in [0.2, 0.25) is 17.7 Å². The molecule has 0 radical (unpaired) electrons. The van der Waals surface area contributed by atoms with Crippen molar-refractivity contribution in [3.8, 4) is 5.75 Å². The van der Waals surface area contributed by atoms with E-state index in [1.54, 1.807) is 51.1 Å².